The largest absolute Gasteiger partial charge is 0.369 e. The number of likely N-dealkylation sites (N-methyl/N-ethyl adjacent to an activating group) is 1. The van der Waals surface area contributed by atoms with E-state index in [9.17, 15) is 9.59 Å². The lowest BCUT2D eigenvalue weighted by Gasteiger charge is -2.35. The van der Waals surface area contributed by atoms with Gasteiger partial charge in [-0.15, -0.1) is 6.58 Å². The van der Waals surface area contributed by atoms with Crippen LogP contribution >= 0.6 is 0 Å². The van der Waals surface area contributed by atoms with Crippen LogP contribution in [-0.4, -0.2) is 68.3 Å². The summed E-state index contributed by atoms with van der Waals surface area (Å²) in [7, 11) is 2.15. The van der Waals surface area contributed by atoms with Crippen LogP contribution in [0.15, 0.2) is 60.0 Å². The number of amides is 1. The first kappa shape index (κ1) is 27.6. The number of rotatable bonds is 7. The molecule has 0 saturated carbocycles. The minimum Gasteiger partial charge on any atom is -0.369 e. The summed E-state index contributed by atoms with van der Waals surface area (Å²) in [5, 5.41) is 6.78. The summed E-state index contributed by atoms with van der Waals surface area (Å²) in [6, 6.07) is 12.2. The van der Waals surface area contributed by atoms with Crippen molar-refractivity contribution in [2.24, 2.45) is 0 Å². The van der Waals surface area contributed by atoms with Gasteiger partial charge in [0.25, 0.3) is 5.56 Å². The molecule has 4 aromatic rings. The molecule has 3 aromatic heterocycles. The number of piperazine rings is 1. The van der Waals surface area contributed by atoms with E-state index in [1.165, 1.54) is 12.6 Å². The zero-order valence-corrected chi connectivity index (χ0v) is 24.4. The summed E-state index contributed by atoms with van der Waals surface area (Å²) >= 11 is 0. The second-order valence-corrected chi connectivity index (χ2v) is 11.4. The number of benzene rings is 1. The van der Waals surface area contributed by atoms with Gasteiger partial charge in [-0.2, -0.15) is 4.98 Å². The van der Waals surface area contributed by atoms with Gasteiger partial charge in [0.2, 0.25) is 11.9 Å². The molecule has 1 fully saturated rings. The van der Waals surface area contributed by atoms with Crippen LogP contribution in [0.1, 0.15) is 37.9 Å². The molecule has 1 atom stereocenters. The summed E-state index contributed by atoms with van der Waals surface area (Å²) in [5.41, 5.74) is 3.56. The first-order chi connectivity index (χ1) is 20.3. The van der Waals surface area contributed by atoms with Crippen molar-refractivity contribution in [2.45, 2.75) is 45.2 Å². The average molecular weight is 568 g/mol. The summed E-state index contributed by atoms with van der Waals surface area (Å²) in [6.07, 6.45) is 5.85. The third-order valence-corrected chi connectivity index (χ3v) is 8.25. The Labute approximate surface area is 244 Å². The molecule has 2 N–H and O–H groups in total. The smallest absolute Gasteiger partial charge is 0.278 e. The van der Waals surface area contributed by atoms with Crippen LogP contribution in [0.4, 0.5) is 17.3 Å². The topological polar surface area (TPSA) is 113 Å². The number of nitrogens with zero attached hydrogens (tertiary/aromatic N) is 7. The Bertz CT molecular complexity index is 1700. The van der Waals surface area contributed by atoms with Crippen LogP contribution in [0.5, 0.6) is 0 Å². The first-order valence-corrected chi connectivity index (χ1v) is 14.5. The number of aryl methyl sites for hydroxylation is 1. The maximum absolute atomic E-state index is 13.5. The Hall–Kier alpha value is -4.51. The standard InChI is InChI=1S/C31H37N9O2/c1-5-15-39-29(42)25-20-32-30(33-23-9-11-24(12-10-23)38-18-16-37(4)17-19-38)35-28(25)40(39)26-13-8-22-7-6-14-31(3,27(22)34-26)36-21(2)41/h5,8-13,20H,1,6-7,14-19H2,2-4H3,(H,36,41)(H,32,33,35)/t31-/m1/s1. The van der Waals surface area contributed by atoms with E-state index >= 15 is 0 Å². The molecule has 218 valence electrons. The van der Waals surface area contributed by atoms with Gasteiger partial charge in [-0.3, -0.25) is 9.59 Å². The molecule has 11 nitrogen and oxygen atoms in total. The summed E-state index contributed by atoms with van der Waals surface area (Å²) in [6.45, 7) is 11.8. The summed E-state index contributed by atoms with van der Waals surface area (Å²) < 4.78 is 3.29. The van der Waals surface area contributed by atoms with Crippen molar-refractivity contribution >= 4 is 34.3 Å². The molecular weight excluding hydrogens is 530 g/mol. The van der Waals surface area contributed by atoms with Crippen molar-refractivity contribution < 1.29 is 4.79 Å². The fourth-order valence-corrected chi connectivity index (χ4v) is 6.09. The van der Waals surface area contributed by atoms with Crippen LogP contribution in [0.3, 0.4) is 0 Å². The van der Waals surface area contributed by atoms with Crippen LogP contribution in [-0.2, 0) is 23.3 Å². The van der Waals surface area contributed by atoms with Gasteiger partial charge in [0.15, 0.2) is 11.5 Å². The minimum absolute atomic E-state index is 0.104. The van der Waals surface area contributed by atoms with Crippen LogP contribution in [0.2, 0.25) is 0 Å². The SMILES string of the molecule is C=CCn1c(=O)c2cnc(Nc3ccc(N4CCN(C)CC4)cc3)nc2n1-c1ccc2c(n1)[C@](C)(NC(C)=O)CCC2. The number of fused-ring (bicyclic) bond motifs is 2. The van der Waals surface area contributed by atoms with Crippen molar-refractivity contribution in [3.05, 3.63) is 76.9 Å². The molecule has 1 aromatic carbocycles. The second kappa shape index (κ2) is 11.1. The molecule has 1 saturated heterocycles. The van der Waals surface area contributed by atoms with Crippen LogP contribution in [0, 0.1) is 0 Å². The Morgan fingerprint density at radius 2 is 1.86 bits per heavy atom. The Morgan fingerprint density at radius 3 is 2.57 bits per heavy atom. The number of anilines is 3. The Balaban J connectivity index is 1.37. The van der Waals surface area contributed by atoms with Gasteiger partial charge in [0, 0.05) is 50.7 Å². The predicted octanol–water partition coefficient (Wildman–Crippen LogP) is 3.35. The highest BCUT2D eigenvalue weighted by Gasteiger charge is 2.35. The zero-order chi connectivity index (χ0) is 29.4. The second-order valence-electron chi connectivity index (χ2n) is 11.4. The number of pyridine rings is 1. The van der Waals surface area contributed by atoms with Crippen LogP contribution in [0.25, 0.3) is 16.9 Å². The van der Waals surface area contributed by atoms with E-state index in [1.807, 2.05) is 31.2 Å². The molecule has 0 spiro atoms. The highest BCUT2D eigenvalue weighted by Crippen LogP contribution is 2.34. The van der Waals surface area contributed by atoms with Crippen molar-refractivity contribution in [3.63, 3.8) is 0 Å². The third kappa shape index (κ3) is 5.16. The van der Waals surface area contributed by atoms with Crippen molar-refractivity contribution in [1.29, 1.82) is 0 Å². The fraction of sp³-hybridized carbons (Fsp3) is 0.387. The van der Waals surface area contributed by atoms with E-state index in [-0.39, 0.29) is 18.0 Å². The quantitative estimate of drug-likeness (QED) is 0.327. The van der Waals surface area contributed by atoms with E-state index in [1.54, 1.807) is 21.6 Å². The Kier molecular flexibility index (Phi) is 7.28. The number of carbonyl (C=O) groups is 1. The number of aromatic nitrogens is 5. The molecule has 4 heterocycles. The minimum atomic E-state index is -0.597. The summed E-state index contributed by atoms with van der Waals surface area (Å²) in [5.74, 6) is 0.815. The molecule has 0 unspecified atom stereocenters. The highest BCUT2D eigenvalue weighted by molar-refractivity contribution is 5.77. The lowest BCUT2D eigenvalue weighted by Crippen LogP contribution is -2.45. The molecule has 11 heteroatoms. The van der Waals surface area contributed by atoms with E-state index in [4.69, 9.17) is 9.97 Å². The van der Waals surface area contributed by atoms with Crippen molar-refractivity contribution in [3.8, 4) is 5.82 Å². The Morgan fingerprint density at radius 1 is 1.10 bits per heavy atom. The molecule has 0 bridgehead atoms. The van der Waals surface area contributed by atoms with Gasteiger partial charge >= 0.3 is 0 Å². The molecule has 1 aliphatic heterocycles. The van der Waals surface area contributed by atoms with E-state index in [0.29, 0.717) is 22.8 Å². The predicted molar refractivity (Wildman–Crippen MR) is 165 cm³/mol. The first-order valence-electron chi connectivity index (χ1n) is 14.5. The monoisotopic (exact) mass is 567 g/mol. The van der Waals surface area contributed by atoms with Crippen molar-refractivity contribution in [2.75, 3.05) is 43.4 Å². The number of carbonyl (C=O) groups excluding carboxylic acids is 1. The highest BCUT2D eigenvalue weighted by atomic mass is 16.1. The van der Waals surface area contributed by atoms with Crippen molar-refractivity contribution in [1.82, 2.24) is 34.5 Å². The van der Waals surface area contributed by atoms with Crippen LogP contribution < -0.4 is 21.1 Å². The molecule has 6 rings (SSSR count). The molecular formula is C31H37N9O2. The lowest BCUT2D eigenvalue weighted by molar-refractivity contribution is -0.121. The number of allylic oxidation sites excluding steroid dienone is 1. The number of hydrogen-bond acceptors (Lipinski definition) is 8. The lowest BCUT2D eigenvalue weighted by atomic mass is 9.81. The van der Waals surface area contributed by atoms with Gasteiger partial charge in [0.05, 0.1) is 17.8 Å². The van der Waals surface area contributed by atoms with E-state index in [2.05, 4.69) is 51.2 Å². The van der Waals surface area contributed by atoms with Gasteiger partial charge in [-0.25, -0.2) is 19.3 Å². The molecule has 1 amide bonds. The average Bonchev–Trinajstić information content (AvgIpc) is 3.24. The maximum atomic E-state index is 13.5. The van der Waals surface area contributed by atoms with Gasteiger partial charge < -0.3 is 20.4 Å². The molecule has 42 heavy (non-hydrogen) atoms. The summed E-state index contributed by atoms with van der Waals surface area (Å²) in [4.78, 5) is 44.5. The van der Waals surface area contributed by atoms with E-state index < -0.39 is 5.54 Å². The molecule has 0 radical (unpaired) electrons. The number of hydrogen-bond donors (Lipinski definition) is 2. The van der Waals surface area contributed by atoms with E-state index in [0.717, 1.165) is 62.4 Å². The molecule has 2 aliphatic rings. The zero-order valence-electron chi connectivity index (χ0n) is 24.4. The molecule has 1 aliphatic carbocycles. The number of nitrogens with one attached hydrogen (secondary N) is 2. The van der Waals surface area contributed by atoms with Gasteiger partial charge in [-0.1, -0.05) is 12.1 Å². The van der Waals surface area contributed by atoms with Gasteiger partial charge in [0.1, 0.15) is 5.39 Å². The third-order valence-electron chi connectivity index (χ3n) is 8.25. The van der Waals surface area contributed by atoms with Gasteiger partial charge in [-0.05, 0) is 69.1 Å². The maximum Gasteiger partial charge on any atom is 0.278 e. The fourth-order valence-electron chi connectivity index (χ4n) is 6.09. The normalized spacial score (nSPS) is 19.0.